The van der Waals surface area contributed by atoms with Gasteiger partial charge in [-0.1, -0.05) is 19.1 Å². The Balaban J connectivity index is 2.00. The maximum atomic E-state index is 8.84. The predicted molar refractivity (Wildman–Crippen MR) is 68.4 cm³/mol. The lowest BCUT2D eigenvalue weighted by molar-refractivity contribution is 0.278. The number of hydrogen-bond donors (Lipinski definition) is 0. The fourth-order valence-electron chi connectivity index (χ4n) is 2.03. The Kier molecular flexibility index (Phi) is 3.87. The highest BCUT2D eigenvalue weighted by Gasteiger charge is 2.16. The molecule has 0 aliphatic carbocycles. The molecular formula is C13H16N2S. The normalized spacial score (nSPS) is 21.6. The third-order valence-electron chi connectivity index (χ3n) is 2.79. The third kappa shape index (κ3) is 3.01. The zero-order valence-corrected chi connectivity index (χ0v) is 10.3. The van der Waals surface area contributed by atoms with Crippen molar-refractivity contribution in [2.45, 2.75) is 18.7 Å². The summed E-state index contributed by atoms with van der Waals surface area (Å²) in [4.78, 5) is 2.47. The van der Waals surface area contributed by atoms with Crippen LogP contribution in [-0.4, -0.2) is 29.0 Å². The molecule has 1 aliphatic rings. The van der Waals surface area contributed by atoms with Gasteiger partial charge >= 0.3 is 0 Å². The Hall–Kier alpha value is -0.980. The van der Waals surface area contributed by atoms with E-state index in [1.807, 2.05) is 30.0 Å². The largest absolute Gasteiger partial charge is 0.297 e. The van der Waals surface area contributed by atoms with E-state index in [1.165, 1.54) is 11.3 Å². The summed E-state index contributed by atoms with van der Waals surface area (Å²) in [6, 6.07) is 10.1. The fraction of sp³-hybridized carbons (Fsp3) is 0.462. The molecule has 0 amide bonds. The van der Waals surface area contributed by atoms with Crippen LogP contribution in [0.3, 0.4) is 0 Å². The van der Waals surface area contributed by atoms with E-state index < -0.39 is 0 Å². The Morgan fingerprint density at radius 3 is 3.19 bits per heavy atom. The quantitative estimate of drug-likeness (QED) is 0.784. The highest BCUT2D eigenvalue weighted by atomic mass is 32.2. The average Bonchev–Trinajstić information content (AvgIpc) is 2.29. The van der Waals surface area contributed by atoms with Crippen LogP contribution in [0, 0.1) is 11.3 Å². The zero-order valence-electron chi connectivity index (χ0n) is 9.52. The van der Waals surface area contributed by atoms with Crippen LogP contribution < -0.4 is 0 Å². The predicted octanol–water partition coefficient (Wildman–Crippen LogP) is 2.50. The molecule has 1 atom stereocenters. The van der Waals surface area contributed by atoms with E-state index in [-0.39, 0.29) is 0 Å². The van der Waals surface area contributed by atoms with Crippen molar-refractivity contribution in [3.8, 4) is 6.07 Å². The summed E-state index contributed by atoms with van der Waals surface area (Å²) in [6.45, 7) is 5.57. The molecule has 0 N–H and O–H groups in total. The van der Waals surface area contributed by atoms with E-state index in [4.69, 9.17) is 5.26 Å². The third-order valence-corrected chi connectivity index (χ3v) is 3.92. The number of benzene rings is 1. The molecule has 0 spiro atoms. The highest BCUT2D eigenvalue weighted by molar-refractivity contribution is 7.99. The molecule has 3 heteroatoms. The van der Waals surface area contributed by atoms with Crippen LogP contribution in [0.5, 0.6) is 0 Å². The summed E-state index contributed by atoms with van der Waals surface area (Å²) < 4.78 is 0. The lowest BCUT2D eigenvalue weighted by Gasteiger charge is -2.30. The fourth-order valence-corrected chi connectivity index (χ4v) is 3.11. The molecule has 0 bridgehead atoms. The van der Waals surface area contributed by atoms with Gasteiger partial charge < -0.3 is 0 Å². The molecule has 1 aromatic rings. The Labute approximate surface area is 101 Å². The SMILES string of the molecule is CC1CN(Cc2cccc(C#N)c2)CCS1. The maximum Gasteiger partial charge on any atom is 0.0991 e. The van der Waals surface area contributed by atoms with Gasteiger partial charge in [0.2, 0.25) is 0 Å². The van der Waals surface area contributed by atoms with Gasteiger partial charge in [-0.05, 0) is 17.7 Å². The summed E-state index contributed by atoms with van der Waals surface area (Å²) >= 11 is 2.05. The van der Waals surface area contributed by atoms with Crippen molar-refractivity contribution in [3.05, 3.63) is 35.4 Å². The number of thioether (sulfide) groups is 1. The van der Waals surface area contributed by atoms with E-state index in [2.05, 4.69) is 24.0 Å². The second-order valence-corrected chi connectivity index (χ2v) is 5.78. The molecule has 1 unspecified atom stereocenters. The number of hydrogen-bond acceptors (Lipinski definition) is 3. The van der Waals surface area contributed by atoms with Gasteiger partial charge in [-0.3, -0.25) is 4.90 Å². The van der Waals surface area contributed by atoms with Crippen molar-refractivity contribution < 1.29 is 0 Å². The smallest absolute Gasteiger partial charge is 0.0991 e. The molecule has 1 aliphatic heterocycles. The number of rotatable bonds is 2. The van der Waals surface area contributed by atoms with Crippen LogP contribution in [-0.2, 0) is 6.54 Å². The molecule has 1 saturated heterocycles. The van der Waals surface area contributed by atoms with Gasteiger partial charge in [0, 0.05) is 30.6 Å². The van der Waals surface area contributed by atoms with Gasteiger partial charge in [0.1, 0.15) is 0 Å². The molecule has 1 heterocycles. The van der Waals surface area contributed by atoms with Crippen LogP contribution in [0.1, 0.15) is 18.1 Å². The number of nitriles is 1. The summed E-state index contributed by atoms with van der Waals surface area (Å²) in [6.07, 6.45) is 0. The van der Waals surface area contributed by atoms with Gasteiger partial charge in [0.05, 0.1) is 11.6 Å². The Morgan fingerprint density at radius 1 is 1.56 bits per heavy atom. The second kappa shape index (κ2) is 5.38. The minimum absolute atomic E-state index is 0.730. The van der Waals surface area contributed by atoms with Crippen molar-refractivity contribution in [2.75, 3.05) is 18.8 Å². The maximum absolute atomic E-state index is 8.84. The highest BCUT2D eigenvalue weighted by Crippen LogP contribution is 2.19. The molecule has 0 radical (unpaired) electrons. The summed E-state index contributed by atoms with van der Waals surface area (Å²) in [5, 5.41) is 9.57. The minimum Gasteiger partial charge on any atom is -0.297 e. The standard InChI is InChI=1S/C13H16N2S/c1-11-9-15(5-6-16-11)10-13-4-2-3-12(7-13)8-14/h2-4,7,11H,5-6,9-10H2,1H3. The molecule has 0 aromatic heterocycles. The van der Waals surface area contributed by atoms with E-state index in [1.54, 1.807) is 0 Å². The van der Waals surface area contributed by atoms with Crippen molar-refractivity contribution >= 4 is 11.8 Å². The van der Waals surface area contributed by atoms with Gasteiger partial charge in [0.15, 0.2) is 0 Å². The minimum atomic E-state index is 0.730. The first-order chi connectivity index (χ1) is 7.78. The van der Waals surface area contributed by atoms with Gasteiger partial charge in [-0.15, -0.1) is 0 Å². The van der Waals surface area contributed by atoms with E-state index in [0.29, 0.717) is 0 Å². The second-order valence-electron chi connectivity index (χ2n) is 4.23. The molecule has 1 fully saturated rings. The van der Waals surface area contributed by atoms with E-state index in [9.17, 15) is 0 Å². The monoisotopic (exact) mass is 232 g/mol. The van der Waals surface area contributed by atoms with Crippen LogP contribution in [0.15, 0.2) is 24.3 Å². The van der Waals surface area contributed by atoms with Crippen LogP contribution in [0.2, 0.25) is 0 Å². The first kappa shape index (κ1) is 11.5. The van der Waals surface area contributed by atoms with Gasteiger partial charge in [-0.25, -0.2) is 0 Å². The Morgan fingerprint density at radius 2 is 2.44 bits per heavy atom. The first-order valence-corrected chi connectivity index (χ1v) is 6.66. The van der Waals surface area contributed by atoms with Gasteiger partial charge in [0.25, 0.3) is 0 Å². The van der Waals surface area contributed by atoms with Crippen molar-refractivity contribution in [3.63, 3.8) is 0 Å². The molecule has 2 rings (SSSR count). The molecule has 0 saturated carbocycles. The molecular weight excluding hydrogens is 216 g/mol. The van der Waals surface area contributed by atoms with E-state index in [0.717, 1.165) is 30.4 Å². The summed E-state index contributed by atoms with van der Waals surface area (Å²) in [5.74, 6) is 1.22. The Bertz CT molecular complexity index is 397. The topological polar surface area (TPSA) is 27.0 Å². The van der Waals surface area contributed by atoms with Crippen molar-refractivity contribution in [1.29, 1.82) is 5.26 Å². The molecule has 1 aromatic carbocycles. The van der Waals surface area contributed by atoms with Crippen molar-refractivity contribution in [1.82, 2.24) is 4.90 Å². The summed E-state index contributed by atoms with van der Waals surface area (Å²) in [7, 11) is 0. The molecule has 84 valence electrons. The average molecular weight is 232 g/mol. The lowest BCUT2D eigenvalue weighted by Crippen LogP contribution is -2.36. The zero-order chi connectivity index (χ0) is 11.4. The molecule has 16 heavy (non-hydrogen) atoms. The van der Waals surface area contributed by atoms with Crippen LogP contribution in [0.4, 0.5) is 0 Å². The van der Waals surface area contributed by atoms with Gasteiger partial charge in [-0.2, -0.15) is 17.0 Å². The van der Waals surface area contributed by atoms with Crippen LogP contribution >= 0.6 is 11.8 Å². The number of nitrogens with zero attached hydrogens (tertiary/aromatic N) is 2. The van der Waals surface area contributed by atoms with Crippen LogP contribution in [0.25, 0.3) is 0 Å². The summed E-state index contributed by atoms with van der Waals surface area (Å²) in [5.41, 5.74) is 2.01. The lowest BCUT2D eigenvalue weighted by atomic mass is 10.1. The van der Waals surface area contributed by atoms with E-state index >= 15 is 0 Å². The van der Waals surface area contributed by atoms with Crippen molar-refractivity contribution in [2.24, 2.45) is 0 Å². The molecule has 2 nitrogen and oxygen atoms in total. The first-order valence-electron chi connectivity index (χ1n) is 5.61.